The van der Waals surface area contributed by atoms with E-state index < -0.39 is 52.2 Å². The lowest BCUT2D eigenvalue weighted by molar-refractivity contribution is -0.151. The summed E-state index contributed by atoms with van der Waals surface area (Å²) < 4.78 is 1.03. The molecule has 14 nitrogen and oxygen atoms in total. The number of β-lactam (4-membered cyclic amide) rings is 1. The third kappa shape index (κ3) is 5.57. The maximum Gasteiger partial charge on any atom is 0.364 e. The molecule has 2 aromatic heterocycles. The van der Waals surface area contributed by atoms with Gasteiger partial charge in [0.1, 0.15) is 22.1 Å². The summed E-state index contributed by atoms with van der Waals surface area (Å²) in [5.74, 6) is -3.77. The molecule has 1 aromatic carbocycles. The number of amides is 2. The molecular formula is C25H24N6O8S2. The summed E-state index contributed by atoms with van der Waals surface area (Å²) in [5.41, 5.74) is 0.942. The zero-order valence-electron chi connectivity index (χ0n) is 21.4. The van der Waals surface area contributed by atoms with Crippen molar-refractivity contribution in [2.45, 2.75) is 47.6 Å². The first-order valence-corrected chi connectivity index (χ1v) is 14.3. The van der Waals surface area contributed by atoms with Crippen LogP contribution in [-0.2, 0) is 19.2 Å². The first-order chi connectivity index (χ1) is 19.5. The SMILES string of the molecule is Cc1cccc([C@@H](O)C(=O)NC2C(=O)N3C(C(=O)O)=C(C(CCC(=O)O)Sc4ccc5n[nH]c(=O)n5n4)CS[C@H]23)c1. The number of aliphatic carboxylic acids is 2. The van der Waals surface area contributed by atoms with Crippen molar-refractivity contribution in [1.29, 1.82) is 0 Å². The third-order valence-corrected chi connectivity index (χ3v) is 9.19. The second-order valence-corrected chi connectivity index (χ2v) is 11.7. The standard InChI is InChI=1S/C25H24N6O8S2/c1-11-3-2-4-12(9-11)20(34)21(35)26-18-22(36)30-19(24(37)38)13(10-40-23(18)30)14(5-8-17(32)33)41-16-7-6-15-27-28-25(39)31(15)29-16/h2-4,6-7,9,14,18,20,23,34H,5,8,10H2,1H3,(H,26,35)(H,28,39)(H,32,33)(H,37,38)/t14?,18?,20-,23-/m1/s1. The second-order valence-electron chi connectivity index (χ2n) is 9.40. The van der Waals surface area contributed by atoms with Crippen LogP contribution in [0.3, 0.4) is 0 Å². The van der Waals surface area contributed by atoms with E-state index in [1.54, 1.807) is 24.3 Å². The number of aromatic amines is 1. The second kappa shape index (κ2) is 11.4. The Hall–Kier alpha value is -4.15. The largest absolute Gasteiger partial charge is 0.481 e. The summed E-state index contributed by atoms with van der Waals surface area (Å²) in [4.78, 5) is 62.8. The molecule has 0 spiro atoms. The number of carbonyl (C=O) groups excluding carboxylic acids is 2. The van der Waals surface area contributed by atoms with Crippen molar-refractivity contribution in [3.05, 3.63) is 69.3 Å². The van der Waals surface area contributed by atoms with E-state index in [1.165, 1.54) is 17.8 Å². The molecule has 3 aromatic rings. The molecule has 16 heteroatoms. The summed E-state index contributed by atoms with van der Waals surface area (Å²) in [7, 11) is 0. The molecule has 2 unspecified atom stereocenters. The number of aromatic nitrogens is 4. The van der Waals surface area contributed by atoms with Crippen molar-refractivity contribution in [1.82, 2.24) is 30.0 Å². The average Bonchev–Trinajstić information content (AvgIpc) is 3.32. The molecule has 2 aliphatic rings. The number of H-pyrrole nitrogens is 1. The first kappa shape index (κ1) is 28.4. The van der Waals surface area contributed by atoms with Gasteiger partial charge in [-0.3, -0.25) is 19.3 Å². The van der Waals surface area contributed by atoms with E-state index >= 15 is 0 Å². The number of hydrogen-bond acceptors (Lipinski definition) is 10. The number of nitrogens with zero attached hydrogens (tertiary/aromatic N) is 4. The average molecular weight is 601 g/mol. The summed E-state index contributed by atoms with van der Waals surface area (Å²) in [6.07, 6.45) is -1.76. The number of aliphatic hydroxyl groups is 1. The fourth-order valence-electron chi connectivity index (χ4n) is 4.67. The van der Waals surface area contributed by atoms with Crippen LogP contribution in [0, 0.1) is 6.92 Å². The first-order valence-electron chi connectivity index (χ1n) is 12.3. The molecule has 1 saturated heterocycles. The number of nitrogens with one attached hydrogen (secondary N) is 2. The fourth-order valence-corrected chi connectivity index (χ4v) is 7.34. The lowest BCUT2D eigenvalue weighted by atomic mass is 9.99. The number of aliphatic hydroxyl groups excluding tert-OH is 1. The molecule has 5 N–H and O–H groups in total. The van der Waals surface area contributed by atoms with Gasteiger partial charge >= 0.3 is 17.6 Å². The van der Waals surface area contributed by atoms with Crippen LogP contribution < -0.4 is 11.0 Å². The van der Waals surface area contributed by atoms with Gasteiger partial charge in [-0.15, -0.1) is 11.8 Å². The zero-order chi connectivity index (χ0) is 29.4. The molecule has 41 heavy (non-hydrogen) atoms. The lowest BCUT2D eigenvalue weighted by Crippen LogP contribution is -2.71. The van der Waals surface area contributed by atoms with E-state index in [0.717, 1.165) is 26.7 Å². The molecule has 5 rings (SSSR count). The topological polar surface area (TPSA) is 207 Å². The van der Waals surface area contributed by atoms with Crippen LogP contribution in [0.2, 0.25) is 0 Å². The van der Waals surface area contributed by atoms with Gasteiger partial charge in [0, 0.05) is 17.4 Å². The number of thioether (sulfide) groups is 2. The van der Waals surface area contributed by atoms with E-state index in [-0.39, 0.29) is 29.9 Å². The maximum atomic E-state index is 13.2. The number of carboxylic acid groups (broad SMARTS) is 2. The molecule has 4 atom stereocenters. The summed E-state index contributed by atoms with van der Waals surface area (Å²) in [6.45, 7) is 1.81. The Labute approximate surface area is 239 Å². The van der Waals surface area contributed by atoms with Crippen molar-refractivity contribution >= 4 is 52.9 Å². The minimum Gasteiger partial charge on any atom is -0.481 e. The lowest BCUT2D eigenvalue weighted by Gasteiger charge is -2.50. The van der Waals surface area contributed by atoms with Gasteiger partial charge in [-0.2, -0.15) is 14.7 Å². The number of benzene rings is 1. The molecule has 0 radical (unpaired) electrons. The Morgan fingerprint density at radius 1 is 1.22 bits per heavy atom. The highest BCUT2D eigenvalue weighted by Crippen LogP contribution is 2.44. The normalized spacial score (nSPS) is 19.9. The minimum atomic E-state index is -1.51. The van der Waals surface area contributed by atoms with Crippen LogP contribution in [0.1, 0.15) is 30.1 Å². The van der Waals surface area contributed by atoms with Crippen molar-refractivity contribution in [3.63, 3.8) is 0 Å². The quantitative estimate of drug-likeness (QED) is 0.159. The molecular weight excluding hydrogens is 576 g/mol. The molecule has 2 amide bonds. The number of hydrogen-bond donors (Lipinski definition) is 5. The van der Waals surface area contributed by atoms with E-state index in [4.69, 9.17) is 0 Å². The van der Waals surface area contributed by atoms with Crippen LogP contribution in [0.4, 0.5) is 0 Å². The Bertz CT molecular complexity index is 1650. The van der Waals surface area contributed by atoms with Crippen LogP contribution in [0.25, 0.3) is 5.65 Å². The van der Waals surface area contributed by atoms with Crippen molar-refractivity contribution in [3.8, 4) is 0 Å². The Morgan fingerprint density at radius 3 is 2.71 bits per heavy atom. The Balaban J connectivity index is 1.39. The highest BCUT2D eigenvalue weighted by Gasteiger charge is 2.55. The van der Waals surface area contributed by atoms with Crippen molar-refractivity contribution in [2.24, 2.45) is 0 Å². The highest BCUT2D eigenvalue weighted by molar-refractivity contribution is 8.01. The summed E-state index contributed by atoms with van der Waals surface area (Å²) in [5, 5.41) is 41.7. The van der Waals surface area contributed by atoms with Gasteiger partial charge < -0.3 is 20.6 Å². The molecule has 4 heterocycles. The van der Waals surface area contributed by atoms with Gasteiger partial charge in [-0.1, -0.05) is 41.6 Å². The monoisotopic (exact) mass is 600 g/mol. The van der Waals surface area contributed by atoms with Gasteiger partial charge in [0.15, 0.2) is 11.8 Å². The molecule has 0 aliphatic carbocycles. The number of aryl methyl sites for hydroxylation is 1. The smallest absolute Gasteiger partial charge is 0.364 e. The van der Waals surface area contributed by atoms with Crippen molar-refractivity contribution in [2.75, 3.05) is 5.75 Å². The minimum absolute atomic E-state index is 0.0300. The summed E-state index contributed by atoms with van der Waals surface area (Å²) in [6, 6.07) is 8.81. The zero-order valence-corrected chi connectivity index (χ0v) is 23.0. The van der Waals surface area contributed by atoms with Gasteiger partial charge in [0.05, 0.1) is 0 Å². The number of carboxylic acids is 2. The highest BCUT2D eigenvalue weighted by atomic mass is 32.2. The molecule has 0 saturated carbocycles. The molecule has 2 aliphatic heterocycles. The van der Waals surface area contributed by atoms with E-state index in [0.29, 0.717) is 16.2 Å². The number of rotatable bonds is 10. The van der Waals surface area contributed by atoms with E-state index in [2.05, 4.69) is 20.6 Å². The van der Waals surface area contributed by atoms with Gasteiger partial charge in [0.2, 0.25) is 0 Å². The van der Waals surface area contributed by atoms with E-state index in [9.17, 15) is 39.3 Å². The van der Waals surface area contributed by atoms with Gasteiger partial charge in [0.25, 0.3) is 11.8 Å². The molecule has 214 valence electrons. The number of fused-ring (bicyclic) bond motifs is 2. The number of carbonyl (C=O) groups is 4. The van der Waals surface area contributed by atoms with Crippen LogP contribution in [-0.4, -0.2) is 86.2 Å². The van der Waals surface area contributed by atoms with Gasteiger partial charge in [-0.05, 0) is 36.6 Å². The van der Waals surface area contributed by atoms with Crippen molar-refractivity contribution < 1.29 is 34.5 Å². The predicted molar refractivity (Wildman–Crippen MR) is 146 cm³/mol. The van der Waals surface area contributed by atoms with Crippen LogP contribution in [0.15, 0.2) is 57.5 Å². The predicted octanol–water partition coefficient (Wildman–Crippen LogP) is 0.524. The third-order valence-electron chi connectivity index (χ3n) is 6.63. The maximum absolute atomic E-state index is 13.2. The Morgan fingerprint density at radius 2 is 2.00 bits per heavy atom. The Kier molecular flexibility index (Phi) is 7.88. The molecule has 0 bridgehead atoms. The fraction of sp³-hybridized carbons (Fsp3) is 0.320. The summed E-state index contributed by atoms with van der Waals surface area (Å²) >= 11 is 2.30. The van der Waals surface area contributed by atoms with E-state index in [1.807, 2.05) is 13.0 Å². The van der Waals surface area contributed by atoms with Crippen LogP contribution in [0.5, 0.6) is 0 Å². The van der Waals surface area contributed by atoms with Gasteiger partial charge in [-0.25, -0.2) is 14.7 Å². The van der Waals surface area contributed by atoms with Crippen LogP contribution >= 0.6 is 23.5 Å². The molecule has 1 fully saturated rings.